The fourth-order valence-corrected chi connectivity index (χ4v) is 2.89. The maximum absolute atomic E-state index is 9.61. The molecule has 0 amide bonds. The van der Waals surface area contributed by atoms with Crippen molar-refractivity contribution < 1.29 is 5.11 Å². The van der Waals surface area contributed by atoms with E-state index >= 15 is 0 Å². The molecule has 0 bridgehead atoms. The Bertz CT molecular complexity index is 153. The number of aliphatic hydroxyl groups is 1. The predicted octanol–water partition coefficient (Wildman–Crippen LogP) is 3.22. The van der Waals surface area contributed by atoms with E-state index in [4.69, 9.17) is 0 Å². The number of hydrogen-bond donors (Lipinski definition) is 1. The van der Waals surface area contributed by atoms with Crippen LogP contribution in [-0.4, -0.2) is 11.7 Å². The fourth-order valence-electron chi connectivity index (χ4n) is 2.89. The zero-order valence-corrected chi connectivity index (χ0v) is 9.34. The van der Waals surface area contributed by atoms with E-state index < -0.39 is 0 Å². The first-order chi connectivity index (χ1) is 6.13. The van der Waals surface area contributed by atoms with Gasteiger partial charge in [0.05, 0.1) is 0 Å². The minimum atomic E-state index is 0.219. The lowest BCUT2D eigenvalue weighted by Crippen LogP contribution is -2.37. The number of hydrogen-bond acceptors (Lipinski definition) is 1. The van der Waals surface area contributed by atoms with Gasteiger partial charge in [-0.3, -0.25) is 0 Å². The molecule has 2 atom stereocenters. The molecule has 0 aromatic carbocycles. The average Bonchev–Trinajstić information content (AvgIpc) is 2.27. The molecule has 13 heavy (non-hydrogen) atoms. The summed E-state index contributed by atoms with van der Waals surface area (Å²) < 4.78 is 0. The summed E-state index contributed by atoms with van der Waals surface area (Å²) in [5, 5.41) is 9.61. The lowest BCUT2D eigenvalue weighted by atomic mass is 9.66. The monoisotopic (exact) mass is 184 g/mol. The van der Waals surface area contributed by atoms with Gasteiger partial charge in [-0.25, -0.2) is 0 Å². The van der Waals surface area contributed by atoms with Crippen LogP contribution in [0.15, 0.2) is 0 Å². The van der Waals surface area contributed by atoms with Gasteiger partial charge in [-0.15, -0.1) is 0 Å². The van der Waals surface area contributed by atoms with Gasteiger partial charge in [-0.2, -0.15) is 0 Å². The third-order valence-corrected chi connectivity index (χ3v) is 4.21. The van der Waals surface area contributed by atoms with Gasteiger partial charge >= 0.3 is 0 Å². The SMILES string of the molecule is CC(C)C1(CO)CCCCCC1C. The molecule has 0 spiro atoms. The highest BCUT2D eigenvalue weighted by Crippen LogP contribution is 2.44. The van der Waals surface area contributed by atoms with Gasteiger partial charge in [-0.1, -0.05) is 46.5 Å². The van der Waals surface area contributed by atoms with E-state index in [-0.39, 0.29) is 5.41 Å². The summed E-state index contributed by atoms with van der Waals surface area (Å²) in [4.78, 5) is 0. The first-order valence-corrected chi connectivity index (χ1v) is 5.74. The van der Waals surface area contributed by atoms with E-state index in [1.807, 2.05) is 0 Å². The highest BCUT2D eigenvalue weighted by molar-refractivity contribution is 4.88. The average molecular weight is 184 g/mol. The largest absolute Gasteiger partial charge is 0.396 e. The summed E-state index contributed by atoms with van der Waals surface area (Å²) in [6.07, 6.45) is 6.55. The normalized spacial score (nSPS) is 36.2. The lowest BCUT2D eigenvalue weighted by molar-refractivity contribution is 0.0161. The van der Waals surface area contributed by atoms with Crippen molar-refractivity contribution in [2.24, 2.45) is 17.3 Å². The smallest absolute Gasteiger partial charge is 0.0492 e. The Labute approximate surface area is 82.5 Å². The van der Waals surface area contributed by atoms with Crippen LogP contribution >= 0.6 is 0 Å². The van der Waals surface area contributed by atoms with E-state index in [1.165, 1.54) is 32.1 Å². The van der Waals surface area contributed by atoms with Crippen LogP contribution in [0, 0.1) is 17.3 Å². The van der Waals surface area contributed by atoms with Crippen LogP contribution in [-0.2, 0) is 0 Å². The van der Waals surface area contributed by atoms with Crippen LogP contribution in [0.2, 0.25) is 0 Å². The first kappa shape index (κ1) is 11.0. The van der Waals surface area contributed by atoms with Crippen molar-refractivity contribution in [3.8, 4) is 0 Å². The molecule has 1 saturated carbocycles. The quantitative estimate of drug-likeness (QED) is 0.653. The highest BCUT2D eigenvalue weighted by atomic mass is 16.3. The Balaban J connectivity index is 2.78. The molecule has 1 rings (SSSR count). The van der Waals surface area contributed by atoms with Gasteiger partial charge in [0.15, 0.2) is 0 Å². The van der Waals surface area contributed by atoms with E-state index in [9.17, 15) is 5.11 Å². The highest BCUT2D eigenvalue weighted by Gasteiger charge is 2.38. The van der Waals surface area contributed by atoms with Crippen molar-refractivity contribution in [2.75, 3.05) is 6.61 Å². The second kappa shape index (κ2) is 4.45. The Kier molecular flexibility index (Phi) is 3.78. The van der Waals surface area contributed by atoms with Crippen LogP contribution in [0.4, 0.5) is 0 Å². The molecular weight excluding hydrogens is 160 g/mol. The van der Waals surface area contributed by atoms with Crippen LogP contribution in [0.5, 0.6) is 0 Å². The summed E-state index contributed by atoms with van der Waals surface area (Å²) in [7, 11) is 0. The molecule has 1 N–H and O–H groups in total. The van der Waals surface area contributed by atoms with Crippen molar-refractivity contribution >= 4 is 0 Å². The Morgan fingerprint density at radius 2 is 2.00 bits per heavy atom. The minimum Gasteiger partial charge on any atom is -0.396 e. The molecule has 0 aromatic heterocycles. The van der Waals surface area contributed by atoms with E-state index in [0.29, 0.717) is 18.4 Å². The molecule has 0 aromatic rings. The predicted molar refractivity (Wildman–Crippen MR) is 56.6 cm³/mol. The number of rotatable bonds is 2. The number of aliphatic hydroxyl groups excluding tert-OH is 1. The van der Waals surface area contributed by atoms with E-state index in [2.05, 4.69) is 20.8 Å². The van der Waals surface area contributed by atoms with Crippen LogP contribution < -0.4 is 0 Å². The summed E-state index contributed by atoms with van der Waals surface area (Å²) in [5.41, 5.74) is 0.219. The summed E-state index contributed by atoms with van der Waals surface area (Å²) >= 11 is 0. The zero-order valence-electron chi connectivity index (χ0n) is 9.34. The van der Waals surface area contributed by atoms with E-state index in [0.717, 1.165) is 0 Å². The molecule has 2 unspecified atom stereocenters. The van der Waals surface area contributed by atoms with Crippen molar-refractivity contribution in [1.29, 1.82) is 0 Å². The second-order valence-corrected chi connectivity index (χ2v) is 5.05. The molecule has 1 fully saturated rings. The maximum Gasteiger partial charge on any atom is 0.0492 e. The molecule has 78 valence electrons. The van der Waals surface area contributed by atoms with Crippen molar-refractivity contribution in [2.45, 2.75) is 52.9 Å². The molecule has 0 radical (unpaired) electrons. The van der Waals surface area contributed by atoms with Crippen LogP contribution in [0.3, 0.4) is 0 Å². The van der Waals surface area contributed by atoms with Crippen molar-refractivity contribution in [3.05, 3.63) is 0 Å². The molecule has 0 saturated heterocycles. The standard InChI is InChI=1S/C12H24O/c1-10(2)12(9-13)8-6-4-5-7-11(12)3/h10-11,13H,4-9H2,1-3H3. The van der Waals surface area contributed by atoms with Gasteiger partial charge in [0.25, 0.3) is 0 Å². The summed E-state index contributed by atoms with van der Waals surface area (Å²) in [6.45, 7) is 7.23. The molecule has 1 aliphatic carbocycles. The fraction of sp³-hybridized carbons (Fsp3) is 1.00. The molecule has 1 nitrogen and oxygen atoms in total. The van der Waals surface area contributed by atoms with Crippen molar-refractivity contribution in [1.82, 2.24) is 0 Å². The van der Waals surface area contributed by atoms with Crippen LogP contribution in [0.1, 0.15) is 52.9 Å². The molecule has 0 aliphatic heterocycles. The third-order valence-electron chi connectivity index (χ3n) is 4.21. The Morgan fingerprint density at radius 3 is 2.54 bits per heavy atom. The molecule has 1 heteroatoms. The molecular formula is C12H24O. The Hall–Kier alpha value is -0.0400. The lowest BCUT2D eigenvalue weighted by Gasteiger charge is -2.40. The minimum absolute atomic E-state index is 0.219. The van der Waals surface area contributed by atoms with Crippen molar-refractivity contribution in [3.63, 3.8) is 0 Å². The maximum atomic E-state index is 9.61. The third kappa shape index (κ3) is 2.07. The van der Waals surface area contributed by atoms with Gasteiger partial charge in [0.1, 0.15) is 0 Å². The van der Waals surface area contributed by atoms with Gasteiger partial charge < -0.3 is 5.11 Å². The van der Waals surface area contributed by atoms with Gasteiger partial charge in [0, 0.05) is 6.61 Å². The van der Waals surface area contributed by atoms with Crippen LogP contribution in [0.25, 0.3) is 0 Å². The Morgan fingerprint density at radius 1 is 1.31 bits per heavy atom. The first-order valence-electron chi connectivity index (χ1n) is 5.74. The topological polar surface area (TPSA) is 20.2 Å². The summed E-state index contributed by atoms with van der Waals surface area (Å²) in [5.74, 6) is 1.31. The summed E-state index contributed by atoms with van der Waals surface area (Å²) in [6, 6.07) is 0. The van der Waals surface area contributed by atoms with E-state index in [1.54, 1.807) is 0 Å². The van der Waals surface area contributed by atoms with Gasteiger partial charge in [-0.05, 0) is 23.7 Å². The molecule has 1 aliphatic rings. The molecule has 0 heterocycles. The zero-order chi connectivity index (χ0) is 9.90. The second-order valence-electron chi connectivity index (χ2n) is 5.05. The van der Waals surface area contributed by atoms with Gasteiger partial charge in [0.2, 0.25) is 0 Å².